The predicted octanol–water partition coefficient (Wildman–Crippen LogP) is 1.19. The van der Waals surface area contributed by atoms with Gasteiger partial charge in [0, 0.05) is 24.1 Å². The minimum absolute atomic E-state index is 0.00182. The lowest BCUT2D eigenvalue weighted by atomic mass is 10.2. The molecule has 7 nitrogen and oxygen atoms in total. The predicted molar refractivity (Wildman–Crippen MR) is 70.2 cm³/mol. The number of para-hydroxylation sites is 1. The molecule has 106 valence electrons. The van der Waals surface area contributed by atoms with Crippen LogP contribution in [0, 0.1) is 10.1 Å². The first-order chi connectivity index (χ1) is 9.61. The summed E-state index contributed by atoms with van der Waals surface area (Å²) in [5, 5.41) is 30.7. The molecule has 1 saturated heterocycles. The Morgan fingerprint density at radius 3 is 2.90 bits per heavy atom. The Bertz CT molecular complexity index is 653. The number of non-ortho nitro benzene ring substituents is 1. The average Bonchev–Trinajstić information content (AvgIpc) is 3.01. The van der Waals surface area contributed by atoms with Crippen molar-refractivity contribution in [3.05, 3.63) is 40.6 Å². The van der Waals surface area contributed by atoms with Gasteiger partial charge in [-0.05, 0) is 6.07 Å². The smallest absolute Gasteiger partial charge is 0.293 e. The maximum Gasteiger partial charge on any atom is 0.293 e. The van der Waals surface area contributed by atoms with Crippen molar-refractivity contribution in [2.75, 3.05) is 6.61 Å². The fourth-order valence-electron chi connectivity index (χ4n) is 2.64. The first-order valence-corrected chi connectivity index (χ1v) is 6.30. The summed E-state index contributed by atoms with van der Waals surface area (Å²) in [7, 11) is 0. The van der Waals surface area contributed by atoms with Crippen LogP contribution in [-0.4, -0.2) is 38.5 Å². The Morgan fingerprint density at radius 2 is 2.25 bits per heavy atom. The number of aliphatic hydroxyl groups is 2. The van der Waals surface area contributed by atoms with Gasteiger partial charge in [0.15, 0.2) is 0 Å². The molecule has 3 atom stereocenters. The maximum atomic E-state index is 11.1. The number of nitro benzene ring substituents is 1. The normalized spacial score (nSPS) is 26.2. The van der Waals surface area contributed by atoms with Crippen molar-refractivity contribution in [2.24, 2.45) is 0 Å². The Morgan fingerprint density at radius 1 is 1.45 bits per heavy atom. The fourth-order valence-corrected chi connectivity index (χ4v) is 2.64. The summed E-state index contributed by atoms with van der Waals surface area (Å²) < 4.78 is 7.20. The summed E-state index contributed by atoms with van der Waals surface area (Å²) >= 11 is 0. The first kappa shape index (κ1) is 13.0. The van der Waals surface area contributed by atoms with E-state index in [-0.39, 0.29) is 12.3 Å². The van der Waals surface area contributed by atoms with Gasteiger partial charge in [-0.25, -0.2) is 0 Å². The van der Waals surface area contributed by atoms with E-state index in [0.29, 0.717) is 11.9 Å². The van der Waals surface area contributed by atoms with Crippen LogP contribution in [0.2, 0.25) is 0 Å². The molecule has 1 fully saturated rings. The van der Waals surface area contributed by atoms with Gasteiger partial charge in [-0.15, -0.1) is 0 Å². The maximum absolute atomic E-state index is 11.1. The van der Waals surface area contributed by atoms with Gasteiger partial charge in [-0.2, -0.15) is 0 Å². The minimum atomic E-state index is -0.773. The first-order valence-electron chi connectivity index (χ1n) is 6.30. The summed E-state index contributed by atoms with van der Waals surface area (Å²) in [6.45, 7) is -0.279. The van der Waals surface area contributed by atoms with Crippen LogP contribution in [0.4, 0.5) is 5.69 Å². The summed E-state index contributed by atoms with van der Waals surface area (Å²) in [5.74, 6) is 0. The van der Waals surface area contributed by atoms with Crippen molar-refractivity contribution in [2.45, 2.75) is 24.9 Å². The number of aliphatic hydroxyl groups excluding tert-OH is 2. The van der Waals surface area contributed by atoms with Crippen LogP contribution in [0.25, 0.3) is 10.9 Å². The van der Waals surface area contributed by atoms with E-state index >= 15 is 0 Å². The molecule has 1 aliphatic heterocycles. The van der Waals surface area contributed by atoms with E-state index in [9.17, 15) is 15.2 Å². The van der Waals surface area contributed by atoms with Crippen molar-refractivity contribution in [1.82, 2.24) is 4.57 Å². The number of ether oxygens (including phenoxy) is 1. The molecule has 0 aliphatic carbocycles. The molecule has 1 aliphatic rings. The van der Waals surface area contributed by atoms with Crippen molar-refractivity contribution >= 4 is 16.6 Å². The molecule has 2 aromatic rings. The van der Waals surface area contributed by atoms with Gasteiger partial charge in [0.2, 0.25) is 0 Å². The molecule has 7 heteroatoms. The summed E-state index contributed by atoms with van der Waals surface area (Å²) in [6, 6.07) is 6.62. The average molecular weight is 278 g/mol. The highest BCUT2D eigenvalue weighted by atomic mass is 16.6. The molecule has 3 rings (SSSR count). The van der Waals surface area contributed by atoms with Crippen molar-refractivity contribution in [1.29, 1.82) is 0 Å². The van der Waals surface area contributed by atoms with Crippen molar-refractivity contribution in [3.8, 4) is 0 Å². The number of rotatable bonds is 3. The lowest BCUT2D eigenvalue weighted by Crippen LogP contribution is -2.24. The number of nitrogens with zero attached hydrogens (tertiary/aromatic N) is 2. The number of hydrogen-bond donors (Lipinski definition) is 2. The monoisotopic (exact) mass is 278 g/mol. The topological polar surface area (TPSA) is 97.8 Å². The lowest BCUT2D eigenvalue weighted by molar-refractivity contribution is -0.383. The third kappa shape index (κ3) is 1.96. The van der Waals surface area contributed by atoms with Gasteiger partial charge < -0.3 is 19.5 Å². The largest absolute Gasteiger partial charge is 0.394 e. The summed E-state index contributed by atoms with van der Waals surface area (Å²) in [4.78, 5) is 10.7. The molecule has 0 saturated carbocycles. The van der Waals surface area contributed by atoms with Crippen LogP contribution in [0.1, 0.15) is 12.6 Å². The number of fused-ring (bicyclic) bond motifs is 1. The van der Waals surface area contributed by atoms with Gasteiger partial charge >= 0.3 is 0 Å². The Hall–Kier alpha value is -1.96. The second kappa shape index (κ2) is 4.86. The molecule has 0 unspecified atom stereocenters. The van der Waals surface area contributed by atoms with E-state index in [1.54, 1.807) is 29.0 Å². The molecule has 2 heterocycles. The second-order valence-corrected chi connectivity index (χ2v) is 4.81. The number of aromatic nitrogens is 1. The molecule has 0 bridgehead atoms. The Labute approximate surface area is 114 Å². The highest BCUT2D eigenvalue weighted by Crippen LogP contribution is 2.35. The molecular weight excluding hydrogens is 264 g/mol. The molecule has 2 N–H and O–H groups in total. The fraction of sp³-hybridized carbons (Fsp3) is 0.385. The SMILES string of the molecule is O=[N+]([O-])c1cccc2ccn([C@H]3C[C@@H](O)[C@@H](CO)O3)c12. The highest BCUT2D eigenvalue weighted by Gasteiger charge is 2.35. The number of nitro groups is 1. The summed E-state index contributed by atoms with van der Waals surface area (Å²) in [5.41, 5.74) is 0.464. The van der Waals surface area contributed by atoms with Crippen LogP contribution in [0.15, 0.2) is 30.5 Å². The molecule has 1 aromatic heterocycles. The van der Waals surface area contributed by atoms with Crippen LogP contribution < -0.4 is 0 Å². The van der Waals surface area contributed by atoms with Gasteiger partial charge in [0.25, 0.3) is 5.69 Å². The van der Waals surface area contributed by atoms with Gasteiger partial charge in [0.1, 0.15) is 17.8 Å². The summed E-state index contributed by atoms with van der Waals surface area (Å²) in [6.07, 6.45) is 0.0572. The van der Waals surface area contributed by atoms with E-state index < -0.39 is 23.4 Å². The molecule has 20 heavy (non-hydrogen) atoms. The van der Waals surface area contributed by atoms with Crippen molar-refractivity contribution < 1.29 is 19.9 Å². The Kier molecular flexibility index (Phi) is 3.17. The lowest BCUT2D eigenvalue weighted by Gasteiger charge is -2.14. The standard InChI is InChI=1S/C13H14N2O5/c16-7-11-10(17)6-12(20-11)14-5-4-8-2-1-3-9(13(8)14)15(18)19/h1-5,10-12,16-17H,6-7H2/t10-,11-,12-/m1/s1. The van der Waals surface area contributed by atoms with Gasteiger partial charge in [-0.3, -0.25) is 10.1 Å². The van der Waals surface area contributed by atoms with Crippen molar-refractivity contribution in [3.63, 3.8) is 0 Å². The third-order valence-corrected chi connectivity index (χ3v) is 3.61. The number of benzene rings is 1. The molecule has 0 spiro atoms. The van der Waals surface area contributed by atoms with E-state index in [1.165, 1.54) is 6.07 Å². The quantitative estimate of drug-likeness (QED) is 0.649. The molecule has 0 radical (unpaired) electrons. The second-order valence-electron chi connectivity index (χ2n) is 4.81. The van der Waals surface area contributed by atoms with Crippen LogP contribution in [0.3, 0.4) is 0 Å². The minimum Gasteiger partial charge on any atom is -0.394 e. The van der Waals surface area contributed by atoms with Crippen LogP contribution in [0.5, 0.6) is 0 Å². The van der Waals surface area contributed by atoms with Crippen LogP contribution >= 0.6 is 0 Å². The number of hydrogen-bond acceptors (Lipinski definition) is 5. The highest BCUT2D eigenvalue weighted by molar-refractivity contribution is 5.88. The zero-order chi connectivity index (χ0) is 14.3. The van der Waals surface area contributed by atoms with Gasteiger partial charge in [-0.1, -0.05) is 12.1 Å². The van der Waals surface area contributed by atoms with E-state index in [4.69, 9.17) is 9.84 Å². The zero-order valence-electron chi connectivity index (χ0n) is 10.5. The zero-order valence-corrected chi connectivity index (χ0v) is 10.5. The van der Waals surface area contributed by atoms with E-state index in [1.807, 2.05) is 0 Å². The third-order valence-electron chi connectivity index (χ3n) is 3.61. The van der Waals surface area contributed by atoms with Gasteiger partial charge in [0.05, 0.1) is 17.6 Å². The van der Waals surface area contributed by atoms with Crippen LogP contribution in [-0.2, 0) is 4.74 Å². The van der Waals surface area contributed by atoms with E-state index in [0.717, 1.165) is 5.39 Å². The molecular formula is C13H14N2O5. The molecule has 1 aromatic carbocycles. The molecule has 0 amide bonds. The van der Waals surface area contributed by atoms with E-state index in [2.05, 4.69) is 0 Å². The Balaban J connectivity index is 2.07.